The fourth-order valence-electron chi connectivity index (χ4n) is 5.56. The van der Waals surface area contributed by atoms with Gasteiger partial charge in [0.2, 0.25) is 11.8 Å². The summed E-state index contributed by atoms with van der Waals surface area (Å²) in [5.41, 5.74) is 0.745. The molecule has 2 aromatic rings. The standard InChI is InChI=1S/C27H34FN3O4/c1-19-16-22(32)18-27(35)30(19)15-11-25(33)31-12-5-4-8-24(31)20-9-13-29(14-10-20)26(34)17-21-6-2-3-7-23(21)28/h2-3,6-7,16,18,20,24,32H,4-5,8-15,17H2,1H3/t24-/m1/s1. The molecule has 7 nitrogen and oxygen atoms in total. The molecule has 35 heavy (non-hydrogen) atoms. The van der Waals surface area contributed by atoms with Gasteiger partial charge >= 0.3 is 0 Å². The molecule has 0 unspecified atom stereocenters. The molecule has 2 aliphatic heterocycles. The highest BCUT2D eigenvalue weighted by Gasteiger charge is 2.35. The smallest absolute Gasteiger partial charge is 0.254 e. The van der Waals surface area contributed by atoms with Crippen LogP contribution in [0.3, 0.4) is 0 Å². The van der Waals surface area contributed by atoms with Gasteiger partial charge in [-0.2, -0.15) is 0 Å². The van der Waals surface area contributed by atoms with E-state index >= 15 is 0 Å². The van der Waals surface area contributed by atoms with E-state index in [1.165, 1.54) is 22.8 Å². The van der Waals surface area contributed by atoms with Gasteiger partial charge in [-0.15, -0.1) is 0 Å². The van der Waals surface area contributed by atoms with E-state index in [0.29, 0.717) is 30.3 Å². The first-order valence-electron chi connectivity index (χ1n) is 12.5. The van der Waals surface area contributed by atoms with Crippen LogP contribution in [0.2, 0.25) is 0 Å². The third-order valence-corrected chi connectivity index (χ3v) is 7.47. The summed E-state index contributed by atoms with van der Waals surface area (Å²) < 4.78 is 15.5. The molecule has 0 spiro atoms. The van der Waals surface area contributed by atoms with E-state index in [4.69, 9.17) is 0 Å². The summed E-state index contributed by atoms with van der Waals surface area (Å²) in [6, 6.07) is 9.24. The SMILES string of the molecule is Cc1cc(O)cc(=O)n1CCC(=O)N1CCCC[C@@H]1C1CCN(C(=O)Cc2ccccc2F)CC1. The monoisotopic (exact) mass is 483 g/mol. The number of aromatic hydroxyl groups is 1. The van der Waals surface area contributed by atoms with Crippen molar-refractivity contribution in [3.05, 3.63) is 63.8 Å². The highest BCUT2D eigenvalue weighted by Crippen LogP contribution is 2.31. The molecule has 0 aliphatic carbocycles. The summed E-state index contributed by atoms with van der Waals surface area (Å²) in [5, 5.41) is 9.59. The van der Waals surface area contributed by atoms with Gasteiger partial charge in [0.1, 0.15) is 11.6 Å². The summed E-state index contributed by atoms with van der Waals surface area (Å²) in [4.78, 5) is 41.9. The lowest BCUT2D eigenvalue weighted by atomic mass is 9.83. The molecule has 8 heteroatoms. The van der Waals surface area contributed by atoms with Crippen molar-refractivity contribution in [1.82, 2.24) is 14.4 Å². The maximum Gasteiger partial charge on any atom is 0.254 e. The van der Waals surface area contributed by atoms with Crippen LogP contribution in [0.1, 0.15) is 49.8 Å². The lowest BCUT2D eigenvalue weighted by Crippen LogP contribution is -2.51. The van der Waals surface area contributed by atoms with Gasteiger partial charge in [0.25, 0.3) is 5.56 Å². The van der Waals surface area contributed by atoms with Gasteiger partial charge in [-0.25, -0.2) is 4.39 Å². The van der Waals surface area contributed by atoms with Crippen molar-refractivity contribution in [2.75, 3.05) is 19.6 Å². The van der Waals surface area contributed by atoms with E-state index in [2.05, 4.69) is 0 Å². The van der Waals surface area contributed by atoms with Gasteiger partial charge in [-0.05, 0) is 62.6 Å². The number of likely N-dealkylation sites (tertiary alicyclic amines) is 2. The third-order valence-electron chi connectivity index (χ3n) is 7.47. The van der Waals surface area contributed by atoms with E-state index in [-0.39, 0.29) is 54.4 Å². The zero-order valence-electron chi connectivity index (χ0n) is 20.3. The van der Waals surface area contributed by atoms with Crippen molar-refractivity contribution in [3.8, 4) is 5.75 Å². The van der Waals surface area contributed by atoms with E-state index < -0.39 is 0 Å². The van der Waals surface area contributed by atoms with Gasteiger partial charge in [0, 0.05) is 50.4 Å². The zero-order chi connectivity index (χ0) is 24.9. The Bertz CT molecular complexity index is 1120. The van der Waals surface area contributed by atoms with Crippen molar-refractivity contribution in [2.24, 2.45) is 5.92 Å². The molecule has 2 aliphatic rings. The second-order valence-electron chi connectivity index (χ2n) is 9.73. The number of aromatic nitrogens is 1. The molecular weight excluding hydrogens is 449 g/mol. The van der Waals surface area contributed by atoms with E-state index in [1.54, 1.807) is 25.1 Å². The number of hydrogen-bond acceptors (Lipinski definition) is 4. The second kappa shape index (κ2) is 11.1. The molecular formula is C27H34FN3O4. The Morgan fingerprint density at radius 3 is 2.49 bits per heavy atom. The quantitative estimate of drug-likeness (QED) is 0.684. The minimum absolute atomic E-state index is 0.0483. The zero-order valence-corrected chi connectivity index (χ0v) is 20.3. The summed E-state index contributed by atoms with van der Waals surface area (Å²) in [7, 11) is 0. The Morgan fingerprint density at radius 2 is 1.77 bits per heavy atom. The fourth-order valence-corrected chi connectivity index (χ4v) is 5.56. The van der Waals surface area contributed by atoms with Crippen molar-refractivity contribution in [1.29, 1.82) is 0 Å². The number of carbonyl (C=O) groups is 2. The maximum absolute atomic E-state index is 13.9. The van der Waals surface area contributed by atoms with Gasteiger partial charge in [-0.1, -0.05) is 18.2 Å². The number of pyridine rings is 1. The number of piperidine rings is 2. The highest BCUT2D eigenvalue weighted by molar-refractivity contribution is 5.79. The number of amides is 2. The molecule has 1 atom stereocenters. The maximum atomic E-state index is 13.9. The molecule has 1 aromatic carbocycles. The predicted octanol–water partition coefficient (Wildman–Crippen LogP) is 3.25. The summed E-state index contributed by atoms with van der Waals surface area (Å²) in [5.74, 6) is -0.0939. The average Bonchev–Trinajstić information content (AvgIpc) is 2.84. The molecule has 1 aromatic heterocycles. The summed E-state index contributed by atoms with van der Waals surface area (Å²) in [6.45, 7) is 4.00. The molecule has 0 bridgehead atoms. The van der Waals surface area contributed by atoms with Crippen LogP contribution in [0, 0.1) is 18.7 Å². The molecule has 0 radical (unpaired) electrons. The molecule has 4 rings (SSSR count). The normalized spacial score (nSPS) is 19.1. The Hall–Kier alpha value is -3.16. The number of carbonyl (C=O) groups excluding carboxylic acids is 2. The first kappa shape index (κ1) is 24.9. The van der Waals surface area contributed by atoms with Gasteiger partial charge in [0.15, 0.2) is 0 Å². The highest BCUT2D eigenvalue weighted by atomic mass is 19.1. The van der Waals surface area contributed by atoms with Crippen molar-refractivity contribution < 1.29 is 19.1 Å². The lowest BCUT2D eigenvalue weighted by Gasteiger charge is -2.44. The van der Waals surface area contributed by atoms with Crippen LogP contribution in [0.5, 0.6) is 5.75 Å². The van der Waals surface area contributed by atoms with Crippen LogP contribution >= 0.6 is 0 Å². The van der Waals surface area contributed by atoms with E-state index in [9.17, 15) is 23.9 Å². The Morgan fingerprint density at radius 1 is 1.03 bits per heavy atom. The molecule has 188 valence electrons. The van der Waals surface area contributed by atoms with Crippen molar-refractivity contribution in [3.63, 3.8) is 0 Å². The Kier molecular flexibility index (Phi) is 7.88. The summed E-state index contributed by atoms with van der Waals surface area (Å²) >= 11 is 0. The molecule has 2 amide bonds. The number of rotatable bonds is 6. The van der Waals surface area contributed by atoms with Crippen LogP contribution < -0.4 is 5.56 Å². The van der Waals surface area contributed by atoms with Crippen LogP contribution in [0.15, 0.2) is 41.2 Å². The first-order chi connectivity index (χ1) is 16.8. The van der Waals surface area contributed by atoms with Gasteiger partial charge in [0.05, 0.1) is 6.42 Å². The molecule has 1 N–H and O–H groups in total. The van der Waals surface area contributed by atoms with Gasteiger partial charge in [-0.3, -0.25) is 14.4 Å². The van der Waals surface area contributed by atoms with Gasteiger partial charge < -0.3 is 19.5 Å². The van der Waals surface area contributed by atoms with Crippen molar-refractivity contribution >= 4 is 11.8 Å². The van der Waals surface area contributed by atoms with Crippen molar-refractivity contribution in [2.45, 2.75) is 64.5 Å². The largest absolute Gasteiger partial charge is 0.508 e. The molecule has 2 saturated heterocycles. The first-order valence-corrected chi connectivity index (χ1v) is 12.5. The number of aryl methyl sites for hydroxylation is 1. The Labute approximate surface area is 205 Å². The van der Waals surface area contributed by atoms with Crippen LogP contribution in [-0.2, 0) is 22.6 Å². The molecule has 0 saturated carbocycles. The minimum Gasteiger partial charge on any atom is -0.508 e. The number of halogens is 1. The van der Waals surface area contributed by atoms with E-state index in [1.807, 2.05) is 9.80 Å². The summed E-state index contributed by atoms with van der Waals surface area (Å²) in [6.07, 6.45) is 4.97. The third kappa shape index (κ3) is 5.92. The average molecular weight is 484 g/mol. The predicted molar refractivity (Wildman–Crippen MR) is 130 cm³/mol. The second-order valence-corrected chi connectivity index (χ2v) is 9.73. The van der Waals surface area contributed by atoms with E-state index in [0.717, 1.165) is 38.6 Å². The lowest BCUT2D eigenvalue weighted by molar-refractivity contribution is -0.139. The van der Waals surface area contributed by atoms with Crippen LogP contribution in [0.25, 0.3) is 0 Å². The number of nitrogens with zero attached hydrogens (tertiary/aromatic N) is 3. The fraction of sp³-hybridized carbons (Fsp3) is 0.519. The minimum atomic E-state index is -0.350. The number of benzene rings is 1. The molecule has 2 fully saturated rings. The van der Waals surface area contributed by atoms with Crippen LogP contribution in [0.4, 0.5) is 4.39 Å². The van der Waals surface area contributed by atoms with Crippen LogP contribution in [-0.4, -0.2) is 57.0 Å². The number of hydrogen-bond donors (Lipinski definition) is 1. The molecule has 3 heterocycles. The topological polar surface area (TPSA) is 82.8 Å². The Balaban J connectivity index is 1.33.